The van der Waals surface area contributed by atoms with E-state index in [9.17, 15) is 37.4 Å². The minimum atomic E-state index is -4.95. The van der Waals surface area contributed by atoms with E-state index in [-0.39, 0.29) is 16.4 Å². The third kappa shape index (κ3) is 7.15. The zero-order valence-electron chi connectivity index (χ0n) is 16.0. The molecule has 178 valence electrons. The summed E-state index contributed by atoms with van der Waals surface area (Å²) >= 11 is 5.79. The molecule has 0 spiro atoms. The van der Waals surface area contributed by atoms with Crippen molar-refractivity contribution in [3.63, 3.8) is 0 Å². The summed E-state index contributed by atoms with van der Waals surface area (Å²) in [5, 5.41) is 19.8. The van der Waals surface area contributed by atoms with Gasteiger partial charge in [-0.05, 0) is 24.3 Å². The van der Waals surface area contributed by atoms with Crippen molar-refractivity contribution in [3.05, 3.63) is 62.7 Å². The maximum atomic E-state index is 12.8. The molecule has 1 amide bonds. The highest BCUT2D eigenvalue weighted by molar-refractivity contribution is 7.51. The average molecular weight is 513 g/mol. The molecular weight excluding hydrogens is 500 g/mol. The van der Waals surface area contributed by atoms with Gasteiger partial charge < -0.3 is 24.5 Å². The van der Waals surface area contributed by atoms with E-state index in [1.165, 1.54) is 0 Å². The van der Waals surface area contributed by atoms with Gasteiger partial charge in [-0.3, -0.25) is 24.3 Å². The quantitative estimate of drug-likeness (QED) is 0.271. The van der Waals surface area contributed by atoms with Crippen LogP contribution in [0.1, 0.15) is 15.9 Å². The predicted molar refractivity (Wildman–Crippen MR) is 105 cm³/mol. The Morgan fingerprint density at radius 1 is 1.18 bits per heavy atom. The maximum absolute atomic E-state index is 12.8. The van der Waals surface area contributed by atoms with Crippen LogP contribution in [0.2, 0.25) is 5.02 Å². The van der Waals surface area contributed by atoms with Gasteiger partial charge in [0.2, 0.25) is 0 Å². The zero-order chi connectivity index (χ0) is 25.1. The normalized spacial score (nSPS) is 11.7. The summed E-state index contributed by atoms with van der Waals surface area (Å²) in [7, 11) is -4.95. The molecule has 33 heavy (non-hydrogen) atoms. The summed E-state index contributed by atoms with van der Waals surface area (Å²) in [6.45, 7) is -1.18. The van der Waals surface area contributed by atoms with Gasteiger partial charge in [0, 0.05) is 12.1 Å². The van der Waals surface area contributed by atoms with Crippen LogP contribution in [0.25, 0.3) is 0 Å². The van der Waals surface area contributed by atoms with Crippen LogP contribution in [0, 0.1) is 10.1 Å². The van der Waals surface area contributed by atoms with Gasteiger partial charge in [-0.15, -0.1) is 0 Å². The summed E-state index contributed by atoms with van der Waals surface area (Å²) in [6, 6.07) is 4.66. The standard InChI is InChI=1S/C17H13ClF3N2O9P/c18-12-5-9(17(19,20)21)1-4-14(12)32-10-2-3-13(23(27)28)11(6-10)16(26)22(7-15(24)25)8-33(29,30)31/h1-6H,7-8H2,(H,24,25)(H2,29,30,31). The Bertz CT molecular complexity index is 1150. The molecule has 0 saturated heterocycles. The van der Waals surface area contributed by atoms with Crippen molar-refractivity contribution in [2.24, 2.45) is 0 Å². The summed E-state index contributed by atoms with van der Waals surface area (Å²) in [4.78, 5) is 52.4. The van der Waals surface area contributed by atoms with Crippen LogP contribution in [0.5, 0.6) is 11.5 Å². The van der Waals surface area contributed by atoms with Crippen LogP contribution in [0.15, 0.2) is 36.4 Å². The third-order valence-electron chi connectivity index (χ3n) is 3.85. The van der Waals surface area contributed by atoms with Gasteiger partial charge in [-0.1, -0.05) is 11.6 Å². The Labute approximate surface area is 187 Å². The highest BCUT2D eigenvalue weighted by atomic mass is 35.5. The predicted octanol–water partition coefficient (Wildman–Crippen LogP) is 3.72. The number of nitro benzene ring substituents is 1. The number of benzene rings is 2. The Morgan fingerprint density at radius 2 is 1.82 bits per heavy atom. The lowest BCUT2D eigenvalue weighted by atomic mass is 10.1. The second-order valence-corrected chi connectivity index (χ2v) is 8.40. The number of rotatable bonds is 8. The van der Waals surface area contributed by atoms with Crippen molar-refractivity contribution in [3.8, 4) is 11.5 Å². The molecule has 0 aliphatic rings. The average Bonchev–Trinajstić information content (AvgIpc) is 2.66. The number of ether oxygens (including phenoxy) is 1. The summed E-state index contributed by atoms with van der Waals surface area (Å²) in [5.74, 6) is -3.66. The monoisotopic (exact) mass is 512 g/mol. The number of nitrogens with zero attached hydrogens (tertiary/aromatic N) is 2. The summed E-state index contributed by atoms with van der Waals surface area (Å²) in [6.07, 6.45) is -6.02. The molecule has 0 aromatic heterocycles. The van der Waals surface area contributed by atoms with Crippen LogP contribution in [-0.4, -0.2) is 49.4 Å². The topological polar surface area (TPSA) is 168 Å². The number of alkyl halides is 3. The molecule has 11 nitrogen and oxygen atoms in total. The molecule has 0 bridgehead atoms. The van der Waals surface area contributed by atoms with Gasteiger partial charge >= 0.3 is 19.7 Å². The Morgan fingerprint density at radius 3 is 2.30 bits per heavy atom. The first-order chi connectivity index (χ1) is 15.1. The van der Waals surface area contributed by atoms with E-state index >= 15 is 0 Å². The number of halogens is 4. The zero-order valence-corrected chi connectivity index (χ0v) is 17.7. The lowest BCUT2D eigenvalue weighted by Crippen LogP contribution is -2.36. The lowest BCUT2D eigenvalue weighted by molar-refractivity contribution is -0.385. The molecule has 2 rings (SSSR count). The SMILES string of the molecule is O=C(O)CN(CP(=O)(O)O)C(=O)c1cc(Oc2ccc(C(F)(F)F)cc2Cl)ccc1[N+](=O)[O-]. The smallest absolute Gasteiger partial charge is 0.416 e. The van der Waals surface area contributed by atoms with Crippen molar-refractivity contribution < 1.29 is 51.9 Å². The number of aliphatic carboxylic acids is 1. The molecule has 3 N–H and O–H groups in total. The number of carbonyl (C=O) groups is 2. The van der Waals surface area contributed by atoms with Gasteiger partial charge in [-0.2, -0.15) is 13.2 Å². The molecule has 0 heterocycles. The van der Waals surface area contributed by atoms with Crippen LogP contribution in [-0.2, 0) is 15.5 Å². The number of nitro groups is 1. The van der Waals surface area contributed by atoms with E-state index in [4.69, 9.17) is 31.2 Å². The Hall–Kier alpha value is -3.19. The molecule has 0 atom stereocenters. The molecule has 0 saturated carbocycles. The number of amides is 1. The van der Waals surface area contributed by atoms with Crippen molar-refractivity contribution >= 4 is 36.8 Å². The van der Waals surface area contributed by atoms with Gasteiger partial charge in [0.1, 0.15) is 29.9 Å². The molecule has 2 aromatic rings. The molecule has 0 unspecified atom stereocenters. The van der Waals surface area contributed by atoms with Gasteiger partial charge in [-0.25, -0.2) is 0 Å². The number of carbonyl (C=O) groups excluding carboxylic acids is 1. The molecular formula is C17H13ClF3N2O9P. The first-order valence-electron chi connectivity index (χ1n) is 8.47. The van der Waals surface area contributed by atoms with Crippen molar-refractivity contribution in [2.45, 2.75) is 6.18 Å². The minimum Gasteiger partial charge on any atom is -0.480 e. The Kier molecular flexibility index (Phi) is 7.70. The second-order valence-electron chi connectivity index (χ2n) is 6.38. The van der Waals surface area contributed by atoms with E-state index in [0.29, 0.717) is 12.1 Å². The number of carboxylic acid groups (broad SMARTS) is 1. The first kappa shape index (κ1) is 26.1. The lowest BCUT2D eigenvalue weighted by Gasteiger charge is -2.21. The molecule has 16 heteroatoms. The molecule has 2 aromatic carbocycles. The first-order valence-corrected chi connectivity index (χ1v) is 10.6. The van der Waals surface area contributed by atoms with E-state index in [1.807, 2.05) is 0 Å². The Balaban J connectivity index is 2.47. The van der Waals surface area contributed by atoms with Crippen LogP contribution < -0.4 is 4.74 Å². The van der Waals surface area contributed by atoms with Gasteiger partial charge in [0.05, 0.1) is 15.5 Å². The molecule has 0 aliphatic carbocycles. The van der Waals surface area contributed by atoms with Crippen LogP contribution in [0.3, 0.4) is 0 Å². The van der Waals surface area contributed by atoms with Crippen molar-refractivity contribution in [1.29, 1.82) is 0 Å². The van der Waals surface area contributed by atoms with Gasteiger partial charge in [0.25, 0.3) is 11.6 Å². The minimum absolute atomic E-state index is 0.195. The molecule has 0 aliphatic heterocycles. The fourth-order valence-electron chi connectivity index (χ4n) is 2.54. The van der Waals surface area contributed by atoms with E-state index in [1.54, 1.807) is 0 Å². The molecule has 0 radical (unpaired) electrons. The second kappa shape index (κ2) is 9.75. The highest BCUT2D eigenvalue weighted by Crippen LogP contribution is 2.38. The fraction of sp³-hybridized carbons (Fsp3) is 0.176. The maximum Gasteiger partial charge on any atom is 0.416 e. The van der Waals surface area contributed by atoms with E-state index in [2.05, 4.69) is 0 Å². The largest absolute Gasteiger partial charge is 0.480 e. The van der Waals surface area contributed by atoms with E-state index < -0.39 is 65.2 Å². The van der Waals surface area contributed by atoms with Crippen LogP contribution in [0.4, 0.5) is 18.9 Å². The van der Waals surface area contributed by atoms with Crippen molar-refractivity contribution in [2.75, 3.05) is 12.8 Å². The number of carboxylic acids is 1. The highest BCUT2D eigenvalue weighted by Gasteiger charge is 2.32. The summed E-state index contributed by atoms with van der Waals surface area (Å²) < 4.78 is 54.9. The fourth-order valence-corrected chi connectivity index (χ4v) is 3.43. The summed E-state index contributed by atoms with van der Waals surface area (Å²) in [5.41, 5.74) is -2.69. The van der Waals surface area contributed by atoms with Gasteiger partial charge in [0.15, 0.2) is 0 Å². The van der Waals surface area contributed by atoms with E-state index in [0.717, 1.165) is 24.3 Å². The van der Waals surface area contributed by atoms with Crippen molar-refractivity contribution in [1.82, 2.24) is 4.90 Å². The van der Waals surface area contributed by atoms with Crippen LogP contribution >= 0.6 is 19.2 Å². The number of hydrogen-bond donors (Lipinski definition) is 3. The molecule has 0 fully saturated rings. The number of hydrogen-bond acceptors (Lipinski definition) is 6. The third-order valence-corrected chi connectivity index (χ3v) is 4.86.